The van der Waals surface area contributed by atoms with E-state index < -0.39 is 12.0 Å². The number of nitrogens with zero attached hydrogens (tertiary/aromatic N) is 1. The first-order valence-electron chi connectivity index (χ1n) is 6.83. The van der Waals surface area contributed by atoms with E-state index in [-0.39, 0.29) is 28.9 Å². The predicted octanol–water partition coefficient (Wildman–Crippen LogP) is 1.87. The van der Waals surface area contributed by atoms with E-state index in [1.807, 2.05) is 34.6 Å². The van der Waals surface area contributed by atoms with Crippen LogP contribution < -0.4 is 5.73 Å². The second-order valence-corrected chi connectivity index (χ2v) is 6.68. The van der Waals surface area contributed by atoms with Crippen LogP contribution in [-0.4, -0.2) is 41.0 Å². The molecule has 2 atom stereocenters. The fraction of sp³-hybridized carbons (Fsp3) is 0.733. The zero-order valence-corrected chi connectivity index (χ0v) is 13.6. The summed E-state index contributed by atoms with van der Waals surface area (Å²) in [4.78, 5) is 24.9. The molecule has 0 radical (unpaired) electrons. The van der Waals surface area contributed by atoms with Gasteiger partial charge >= 0.3 is 5.97 Å². The molecule has 0 aliphatic carbocycles. The van der Waals surface area contributed by atoms with E-state index in [1.54, 1.807) is 18.0 Å². The Morgan fingerprint density at radius 1 is 1.25 bits per heavy atom. The first-order valence-corrected chi connectivity index (χ1v) is 6.83. The van der Waals surface area contributed by atoms with Gasteiger partial charge in [0, 0.05) is 12.6 Å². The maximum Gasteiger partial charge on any atom is 0.331 e. The standard InChI is InChI=1S/C15H28N2O3/c1-9(2)11(8-10(3)14(19)20)17(7)13(18)12(16)15(4,5)6/h8-9,11-12H,16H2,1-7H3,(H,19,20)/b10-8+/t11-,12-/m1/s1. The summed E-state index contributed by atoms with van der Waals surface area (Å²) in [5.74, 6) is -1.05. The average molecular weight is 284 g/mol. The van der Waals surface area contributed by atoms with Gasteiger partial charge in [-0.05, 0) is 18.3 Å². The van der Waals surface area contributed by atoms with Gasteiger partial charge in [0.15, 0.2) is 0 Å². The van der Waals surface area contributed by atoms with Crippen LogP contribution in [0.2, 0.25) is 0 Å². The molecule has 0 aromatic carbocycles. The van der Waals surface area contributed by atoms with E-state index in [1.165, 1.54) is 6.92 Å². The number of carbonyl (C=O) groups is 2. The van der Waals surface area contributed by atoms with Crippen molar-refractivity contribution in [3.63, 3.8) is 0 Å². The summed E-state index contributed by atoms with van der Waals surface area (Å²) in [6.45, 7) is 11.1. The van der Waals surface area contributed by atoms with Gasteiger partial charge in [-0.2, -0.15) is 0 Å². The number of amides is 1. The molecule has 0 bridgehead atoms. The third-order valence-corrected chi connectivity index (χ3v) is 3.44. The molecule has 0 rings (SSSR count). The normalized spacial score (nSPS) is 15.9. The van der Waals surface area contributed by atoms with Crippen molar-refractivity contribution in [2.75, 3.05) is 7.05 Å². The highest BCUT2D eigenvalue weighted by atomic mass is 16.4. The second kappa shape index (κ2) is 6.88. The largest absolute Gasteiger partial charge is 0.478 e. The summed E-state index contributed by atoms with van der Waals surface area (Å²) in [6.07, 6.45) is 1.61. The van der Waals surface area contributed by atoms with Crippen molar-refractivity contribution in [3.05, 3.63) is 11.6 Å². The average Bonchev–Trinajstić information content (AvgIpc) is 2.31. The molecule has 5 nitrogen and oxygen atoms in total. The number of nitrogens with two attached hydrogens (primary N) is 1. The summed E-state index contributed by atoms with van der Waals surface area (Å²) in [5, 5.41) is 8.98. The number of carboxylic acids is 1. The van der Waals surface area contributed by atoms with Gasteiger partial charge in [0.25, 0.3) is 0 Å². The minimum absolute atomic E-state index is 0.102. The number of likely N-dealkylation sites (N-methyl/N-ethyl adjacent to an activating group) is 1. The molecular weight excluding hydrogens is 256 g/mol. The van der Waals surface area contributed by atoms with E-state index >= 15 is 0 Å². The van der Waals surface area contributed by atoms with Crippen LogP contribution in [0.3, 0.4) is 0 Å². The highest BCUT2D eigenvalue weighted by molar-refractivity contribution is 5.86. The van der Waals surface area contributed by atoms with Crippen molar-refractivity contribution in [2.24, 2.45) is 17.1 Å². The minimum Gasteiger partial charge on any atom is -0.478 e. The minimum atomic E-state index is -0.975. The monoisotopic (exact) mass is 284 g/mol. The number of carbonyl (C=O) groups excluding carboxylic acids is 1. The SMILES string of the molecule is C/C(=C\[C@H](C(C)C)N(C)C(=O)[C@@H](N)C(C)(C)C)C(=O)O. The molecule has 0 spiro atoms. The van der Waals surface area contributed by atoms with Crippen LogP contribution >= 0.6 is 0 Å². The van der Waals surface area contributed by atoms with Gasteiger partial charge in [0.1, 0.15) is 0 Å². The highest BCUT2D eigenvalue weighted by Gasteiger charge is 2.32. The molecule has 1 amide bonds. The van der Waals surface area contributed by atoms with Crippen LogP contribution in [0.15, 0.2) is 11.6 Å². The summed E-state index contributed by atoms with van der Waals surface area (Å²) in [5.41, 5.74) is 5.89. The number of aliphatic carboxylic acids is 1. The topological polar surface area (TPSA) is 83.6 Å². The molecule has 3 N–H and O–H groups in total. The Bertz CT molecular complexity index is 394. The van der Waals surface area contributed by atoms with E-state index in [4.69, 9.17) is 10.8 Å². The maximum atomic E-state index is 12.4. The Morgan fingerprint density at radius 3 is 2.00 bits per heavy atom. The van der Waals surface area contributed by atoms with Gasteiger partial charge in [-0.25, -0.2) is 4.79 Å². The lowest BCUT2D eigenvalue weighted by Crippen LogP contribution is -2.52. The molecule has 0 heterocycles. The first kappa shape index (κ1) is 18.6. The van der Waals surface area contributed by atoms with E-state index in [0.717, 1.165) is 0 Å². The molecule has 0 saturated carbocycles. The fourth-order valence-electron chi connectivity index (χ4n) is 1.82. The number of rotatable bonds is 5. The van der Waals surface area contributed by atoms with Crippen LogP contribution in [0.25, 0.3) is 0 Å². The molecule has 0 aromatic heterocycles. The molecule has 0 aliphatic rings. The van der Waals surface area contributed by atoms with Gasteiger partial charge in [-0.3, -0.25) is 4.79 Å². The zero-order valence-electron chi connectivity index (χ0n) is 13.6. The quantitative estimate of drug-likeness (QED) is 0.755. The lowest BCUT2D eigenvalue weighted by atomic mass is 9.86. The van der Waals surface area contributed by atoms with Gasteiger partial charge in [-0.1, -0.05) is 40.7 Å². The molecule has 0 fully saturated rings. The van der Waals surface area contributed by atoms with Crippen LogP contribution in [-0.2, 0) is 9.59 Å². The molecule has 5 heteroatoms. The summed E-state index contributed by atoms with van der Waals surface area (Å²) < 4.78 is 0. The van der Waals surface area contributed by atoms with Gasteiger partial charge < -0.3 is 15.7 Å². The van der Waals surface area contributed by atoms with Crippen molar-refractivity contribution in [3.8, 4) is 0 Å². The van der Waals surface area contributed by atoms with Crippen molar-refractivity contribution >= 4 is 11.9 Å². The predicted molar refractivity (Wildman–Crippen MR) is 80.2 cm³/mol. The number of carboxylic acid groups (broad SMARTS) is 1. The molecule has 116 valence electrons. The third kappa shape index (κ3) is 4.96. The lowest BCUT2D eigenvalue weighted by Gasteiger charge is -2.35. The van der Waals surface area contributed by atoms with E-state index in [2.05, 4.69) is 0 Å². The summed E-state index contributed by atoms with van der Waals surface area (Å²) >= 11 is 0. The first-order chi connectivity index (χ1) is 8.89. The van der Waals surface area contributed by atoms with Crippen LogP contribution in [0.4, 0.5) is 0 Å². The van der Waals surface area contributed by atoms with E-state index in [0.29, 0.717) is 0 Å². The fourth-order valence-corrected chi connectivity index (χ4v) is 1.82. The molecule has 0 saturated heterocycles. The Labute approximate surface area is 121 Å². The molecule has 0 aliphatic heterocycles. The van der Waals surface area contributed by atoms with Crippen LogP contribution in [0, 0.1) is 11.3 Å². The Kier molecular flexibility index (Phi) is 6.41. The molecule has 0 aromatic rings. The Morgan fingerprint density at radius 2 is 1.70 bits per heavy atom. The van der Waals surface area contributed by atoms with Gasteiger partial charge in [-0.15, -0.1) is 0 Å². The third-order valence-electron chi connectivity index (χ3n) is 3.44. The smallest absolute Gasteiger partial charge is 0.331 e. The molecular formula is C15H28N2O3. The van der Waals surface area contributed by atoms with Gasteiger partial charge in [0.05, 0.1) is 12.1 Å². The summed E-state index contributed by atoms with van der Waals surface area (Å²) in [7, 11) is 1.67. The molecule has 0 unspecified atom stereocenters. The number of hydrogen-bond donors (Lipinski definition) is 2. The zero-order chi connectivity index (χ0) is 16.2. The Hall–Kier alpha value is -1.36. The maximum absolute atomic E-state index is 12.4. The van der Waals surface area contributed by atoms with Crippen molar-refractivity contribution < 1.29 is 14.7 Å². The number of hydrogen-bond acceptors (Lipinski definition) is 3. The second-order valence-electron chi connectivity index (χ2n) is 6.68. The Balaban J connectivity index is 5.28. The summed E-state index contributed by atoms with van der Waals surface area (Å²) in [6, 6.07) is -0.903. The van der Waals surface area contributed by atoms with Crippen molar-refractivity contribution in [2.45, 2.75) is 53.6 Å². The van der Waals surface area contributed by atoms with Crippen molar-refractivity contribution in [1.82, 2.24) is 4.90 Å². The van der Waals surface area contributed by atoms with Gasteiger partial charge in [0.2, 0.25) is 5.91 Å². The molecule has 20 heavy (non-hydrogen) atoms. The van der Waals surface area contributed by atoms with E-state index in [9.17, 15) is 9.59 Å². The lowest BCUT2D eigenvalue weighted by molar-refractivity contribution is -0.136. The van der Waals surface area contributed by atoms with Crippen molar-refractivity contribution in [1.29, 1.82) is 0 Å². The van der Waals surface area contributed by atoms with Crippen LogP contribution in [0.5, 0.6) is 0 Å². The highest BCUT2D eigenvalue weighted by Crippen LogP contribution is 2.21. The van der Waals surface area contributed by atoms with Crippen LogP contribution in [0.1, 0.15) is 41.5 Å².